The van der Waals surface area contributed by atoms with E-state index >= 15 is 0 Å². The van der Waals surface area contributed by atoms with Crippen molar-refractivity contribution in [3.05, 3.63) is 40.1 Å². The second-order valence-electron chi connectivity index (χ2n) is 6.05. The third-order valence-electron chi connectivity index (χ3n) is 4.56. The van der Waals surface area contributed by atoms with Crippen LogP contribution in [0.5, 0.6) is 5.75 Å². The molecule has 1 aliphatic heterocycles. The van der Waals surface area contributed by atoms with Crippen molar-refractivity contribution in [3.63, 3.8) is 0 Å². The zero-order valence-corrected chi connectivity index (χ0v) is 13.4. The van der Waals surface area contributed by atoms with Crippen LogP contribution in [0.2, 0.25) is 0 Å². The molecule has 1 aromatic heterocycles. The Labute approximate surface area is 145 Å². The zero-order chi connectivity index (χ0) is 19.1. The predicted molar refractivity (Wildman–Crippen MR) is 84.7 cm³/mol. The van der Waals surface area contributed by atoms with E-state index in [2.05, 4.69) is 4.98 Å². The molecule has 1 fully saturated rings. The van der Waals surface area contributed by atoms with Gasteiger partial charge in [-0.25, -0.2) is 0 Å². The van der Waals surface area contributed by atoms with Crippen LogP contribution in [-0.2, 0) is 4.79 Å². The van der Waals surface area contributed by atoms with E-state index in [0.29, 0.717) is 18.2 Å². The normalized spacial score (nSPS) is 16.0. The molecule has 0 spiro atoms. The third kappa shape index (κ3) is 3.14. The fourth-order valence-corrected chi connectivity index (χ4v) is 3.29. The van der Waals surface area contributed by atoms with Crippen molar-refractivity contribution in [3.8, 4) is 5.75 Å². The van der Waals surface area contributed by atoms with Gasteiger partial charge in [0.1, 0.15) is 5.52 Å². The number of nitro benzene ring substituents is 1. The van der Waals surface area contributed by atoms with E-state index in [9.17, 15) is 33.2 Å². The van der Waals surface area contributed by atoms with Gasteiger partial charge in [-0.05, 0) is 36.5 Å². The van der Waals surface area contributed by atoms with Crippen molar-refractivity contribution in [2.24, 2.45) is 0 Å². The molecule has 3 rings (SSSR count). The predicted octanol–water partition coefficient (Wildman–Crippen LogP) is 3.12. The van der Waals surface area contributed by atoms with Gasteiger partial charge in [0, 0.05) is 30.7 Å². The summed E-state index contributed by atoms with van der Waals surface area (Å²) in [6.45, 7) is -0.0718. The van der Waals surface area contributed by atoms with E-state index in [1.807, 2.05) is 0 Å². The van der Waals surface area contributed by atoms with E-state index in [1.54, 1.807) is 6.07 Å². The summed E-state index contributed by atoms with van der Waals surface area (Å²) in [4.78, 5) is 26.3. The van der Waals surface area contributed by atoms with Gasteiger partial charge in [0.25, 0.3) is 0 Å². The minimum absolute atomic E-state index is 0.0359. The smallest absolute Gasteiger partial charge is 0.471 e. The molecule has 0 radical (unpaired) electrons. The number of likely N-dealkylation sites (tertiary alicyclic amines) is 1. The fourth-order valence-electron chi connectivity index (χ4n) is 3.29. The van der Waals surface area contributed by atoms with Crippen molar-refractivity contribution < 1.29 is 28.0 Å². The lowest BCUT2D eigenvalue weighted by molar-refractivity contribution is -0.385. The molecule has 7 nitrogen and oxygen atoms in total. The first-order valence-corrected chi connectivity index (χ1v) is 7.81. The van der Waals surface area contributed by atoms with Crippen molar-refractivity contribution >= 4 is 22.5 Å². The van der Waals surface area contributed by atoms with Gasteiger partial charge in [-0.15, -0.1) is 0 Å². The number of phenolic OH excluding ortho intramolecular Hbond substituents is 1. The summed E-state index contributed by atoms with van der Waals surface area (Å²) in [7, 11) is 0. The molecule has 1 saturated heterocycles. The molecule has 0 aliphatic carbocycles. The highest BCUT2D eigenvalue weighted by Crippen LogP contribution is 2.38. The number of nitrogens with zero attached hydrogens (tertiary/aromatic N) is 3. The summed E-state index contributed by atoms with van der Waals surface area (Å²) < 4.78 is 37.6. The number of benzene rings is 1. The number of carbonyl (C=O) groups excluding carboxylic acids is 1. The van der Waals surface area contributed by atoms with E-state index in [4.69, 9.17) is 0 Å². The van der Waals surface area contributed by atoms with Crippen LogP contribution in [0.1, 0.15) is 24.3 Å². The number of amides is 1. The molecule has 2 heterocycles. The number of hydrogen-bond donors (Lipinski definition) is 1. The number of halogens is 3. The number of fused-ring (bicyclic) bond motifs is 1. The lowest BCUT2D eigenvalue weighted by atomic mass is 9.87. The van der Waals surface area contributed by atoms with Gasteiger partial charge in [-0.3, -0.25) is 19.9 Å². The molecule has 1 N–H and O–H groups in total. The molecule has 2 aromatic rings. The first-order valence-electron chi connectivity index (χ1n) is 7.81. The molecular formula is C16H14F3N3O4. The topological polar surface area (TPSA) is 96.6 Å². The second-order valence-corrected chi connectivity index (χ2v) is 6.05. The van der Waals surface area contributed by atoms with Crippen LogP contribution in [0.4, 0.5) is 18.9 Å². The number of rotatable bonds is 2. The molecule has 1 aromatic carbocycles. The van der Waals surface area contributed by atoms with Gasteiger partial charge in [0.05, 0.1) is 4.92 Å². The summed E-state index contributed by atoms with van der Waals surface area (Å²) in [5.41, 5.74) is 0.345. The highest BCUT2D eigenvalue weighted by molar-refractivity contribution is 5.90. The molecule has 26 heavy (non-hydrogen) atoms. The number of carbonyl (C=O) groups is 1. The van der Waals surface area contributed by atoms with Gasteiger partial charge in [-0.1, -0.05) is 0 Å². The summed E-state index contributed by atoms with van der Waals surface area (Å²) in [5, 5.41) is 21.5. The lowest BCUT2D eigenvalue weighted by Crippen LogP contribution is -2.45. The highest BCUT2D eigenvalue weighted by atomic mass is 19.4. The van der Waals surface area contributed by atoms with Crippen LogP contribution < -0.4 is 0 Å². The van der Waals surface area contributed by atoms with Crippen LogP contribution >= 0.6 is 0 Å². The molecule has 0 atom stereocenters. The van der Waals surface area contributed by atoms with Crippen molar-refractivity contribution in [1.29, 1.82) is 0 Å². The number of nitro groups is 1. The van der Waals surface area contributed by atoms with Crippen LogP contribution in [0.15, 0.2) is 24.4 Å². The second kappa shape index (κ2) is 6.43. The first kappa shape index (κ1) is 17.9. The summed E-state index contributed by atoms with van der Waals surface area (Å²) in [5.74, 6) is -2.53. The molecule has 0 bridgehead atoms. The van der Waals surface area contributed by atoms with Gasteiger partial charge >= 0.3 is 17.8 Å². The third-order valence-corrected chi connectivity index (χ3v) is 4.56. The minimum atomic E-state index is -4.89. The van der Waals surface area contributed by atoms with Gasteiger partial charge in [0.2, 0.25) is 5.75 Å². The number of pyridine rings is 1. The Morgan fingerprint density at radius 1 is 1.27 bits per heavy atom. The first-order chi connectivity index (χ1) is 12.2. The monoisotopic (exact) mass is 369 g/mol. The van der Waals surface area contributed by atoms with Crippen molar-refractivity contribution in [2.75, 3.05) is 13.1 Å². The largest absolute Gasteiger partial charge is 0.501 e. The lowest BCUT2D eigenvalue weighted by Gasteiger charge is -2.33. The van der Waals surface area contributed by atoms with Crippen LogP contribution in [-0.4, -0.2) is 45.1 Å². The fraction of sp³-hybridized carbons (Fsp3) is 0.375. The van der Waals surface area contributed by atoms with E-state index < -0.39 is 28.4 Å². The summed E-state index contributed by atoms with van der Waals surface area (Å²) >= 11 is 0. The van der Waals surface area contributed by atoms with E-state index in [-0.39, 0.29) is 24.5 Å². The summed E-state index contributed by atoms with van der Waals surface area (Å²) in [6.07, 6.45) is -2.85. The molecule has 1 aliphatic rings. The molecule has 0 unspecified atom stereocenters. The van der Waals surface area contributed by atoms with Gasteiger partial charge in [0.15, 0.2) is 0 Å². The van der Waals surface area contributed by atoms with Gasteiger partial charge in [-0.2, -0.15) is 13.2 Å². The molecule has 10 heteroatoms. The maximum atomic E-state index is 12.5. The van der Waals surface area contributed by atoms with Crippen molar-refractivity contribution in [1.82, 2.24) is 9.88 Å². The number of aromatic hydroxyl groups is 1. The quantitative estimate of drug-likeness (QED) is 0.648. The average molecular weight is 369 g/mol. The number of alkyl halides is 3. The standard InChI is InChI=1S/C16H14F3N3O4/c17-16(18,19)15(24)21-7-4-9(5-8-21)10-3-6-20-13-11(10)1-2-12(14(13)23)22(25)26/h1-3,6,9,23H,4-5,7-8H2. The minimum Gasteiger partial charge on any atom is -0.501 e. The number of phenols is 1. The molecule has 0 saturated carbocycles. The number of hydrogen-bond acceptors (Lipinski definition) is 5. The molecule has 1 amide bonds. The Morgan fingerprint density at radius 3 is 2.50 bits per heavy atom. The van der Waals surface area contributed by atoms with Gasteiger partial charge < -0.3 is 10.0 Å². The van der Waals surface area contributed by atoms with E-state index in [0.717, 1.165) is 10.5 Å². The Balaban J connectivity index is 1.87. The Bertz CT molecular complexity index is 877. The van der Waals surface area contributed by atoms with Crippen LogP contribution in [0, 0.1) is 10.1 Å². The van der Waals surface area contributed by atoms with Crippen LogP contribution in [0.3, 0.4) is 0 Å². The Kier molecular flexibility index (Phi) is 4.43. The Hall–Kier alpha value is -2.91. The van der Waals surface area contributed by atoms with Crippen molar-refractivity contribution in [2.45, 2.75) is 24.9 Å². The number of piperidine rings is 1. The van der Waals surface area contributed by atoms with E-state index in [1.165, 1.54) is 18.3 Å². The SMILES string of the molecule is O=C(N1CCC(c2ccnc3c(O)c([N+](=O)[O-])ccc23)CC1)C(F)(F)F. The maximum absolute atomic E-state index is 12.5. The number of aromatic nitrogens is 1. The molecular weight excluding hydrogens is 355 g/mol. The highest BCUT2D eigenvalue weighted by Gasteiger charge is 2.43. The van der Waals surface area contributed by atoms with Crippen LogP contribution in [0.25, 0.3) is 10.9 Å². The Morgan fingerprint density at radius 2 is 1.92 bits per heavy atom. The summed E-state index contributed by atoms with van der Waals surface area (Å²) in [6, 6.07) is 4.33. The molecule has 138 valence electrons. The average Bonchev–Trinajstić information content (AvgIpc) is 2.60. The zero-order valence-electron chi connectivity index (χ0n) is 13.4. The maximum Gasteiger partial charge on any atom is 0.471 e.